The van der Waals surface area contributed by atoms with Crippen molar-refractivity contribution < 1.29 is 9.21 Å². The topological polar surface area (TPSA) is 58.7 Å². The van der Waals surface area contributed by atoms with Gasteiger partial charge in [0.15, 0.2) is 5.58 Å². The van der Waals surface area contributed by atoms with Gasteiger partial charge in [0.1, 0.15) is 0 Å². The fourth-order valence-electron chi connectivity index (χ4n) is 5.18. The molecule has 3 aliphatic rings. The fraction of sp³-hybridized carbons (Fsp3) is 0.636. The average molecular weight is 383 g/mol. The number of piperidine rings is 2. The van der Waals surface area contributed by atoms with Crippen molar-refractivity contribution in [2.45, 2.75) is 45.1 Å². The molecule has 3 fully saturated rings. The van der Waals surface area contributed by atoms with Gasteiger partial charge in [-0.1, -0.05) is 12.1 Å². The summed E-state index contributed by atoms with van der Waals surface area (Å²) in [5.41, 5.74) is 1.77. The second-order valence-electron chi connectivity index (χ2n) is 9.08. The van der Waals surface area contributed by atoms with Crippen molar-refractivity contribution in [3.05, 3.63) is 34.8 Å². The van der Waals surface area contributed by atoms with E-state index in [1.807, 2.05) is 24.3 Å². The minimum Gasteiger partial charge on any atom is -0.408 e. The lowest BCUT2D eigenvalue weighted by Crippen LogP contribution is -2.54. The highest BCUT2D eigenvalue weighted by atomic mass is 16.4. The number of amides is 1. The number of carbonyl (C=O) groups is 1. The molecule has 3 heterocycles. The molecule has 1 spiro atoms. The molecule has 1 aromatic heterocycles. The number of benzene rings is 1. The maximum Gasteiger partial charge on any atom is 0.419 e. The summed E-state index contributed by atoms with van der Waals surface area (Å²) in [6.45, 7) is 5.50. The zero-order valence-corrected chi connectivity index (χ0v) is 16.4. The van der Waals surface area contributed by atoms with E-state index in [-0.39, 0.29) is 11.2 Å². The van der Waals surface area contributed by atoms with Crippen molar-refractivity contribution in [1.82, 2.24) is 14.4 Å². The van der Waals surface area contributed by atoms with Crippen LogP contribution in [0.15, 0.2) is 33.5 Å². The zero-order chi connectivity index (χ0) is 19.1. The number of likely N-dealkylation sites (tertiary alicyclic amines) is 2. The van der Waals surface area contributed by atoms with Gasteiger partial charge in [0, 0.05) is 44.6 Å². The standard InChI is InChI=1S/C22H29N3O3/c26-20-8-10-22(16-24(20)14-17-6-7-17)9-3-11-23(15-22)12-13-25-18-4-1-2-5-19(18)28-21(25)27/h1-2,4-5,17H,3,6-16H2. The van der Waals surface area contributed by atoms with E-state index >= 15 is 0 Å². The van der Waals surface area contributed by atoms with Gasteiger partial charge in [-0.25, -0.2) is 4.79 Å². The third kappa shape index (κ3) is 3.50. The Kier molecular flexibility index (Phi) is 4.54. The first-order valence-corrected chi connectivity index (χ1v) is 10.7. The first kappa shape index (κ1) is 18.0. The van der Waals surface area contributed by atoms with E-state index < -0.39 is 0 Å². The van der Waals surface area contributed by atoms with E-state index in [2.05, 4.69) is 9.80 Å². The second kappa shape index (κ2) is 7.07. The number of fused-ring (bicyclic) bond motifs is 1. The molecule has 28 heavy (non-hydrogen) atoms. The Balaban J connectivity index is 1.26. The molecule has 6 nitrogen and oxygen atoms in total. The number of hydrogen-bond acceptors (Lipinski definition) is 4. The first-order valence-electron chi connectivity index (χ1n) is 10.7. The van der Waals surface area contributed by atoms with Crippen molar-refractivity contribution in [2.24, 2.45) is 11.3 Å². The maximum absolute atomic E-state index is 12.4. The Morgan fingerprint density at radius 1 is 1.07 bits per heavy atom. The summed E-state index contributed by atoms with van der Waals surface area (Å²) in [6, 6.07) is 7.62. The number of carbonyl (C=O) groups excluding carboxylic acids is 1. The molecule has 2 saturated heterocycles. The minimum absolute atomic E-state index is 0.241. The van der Waals surface area contributed by atoms with Crippen LogP contribution in [-0.4, -0.2) is 53.0 Å². The molecule has 0 bridgehead atoms. The smallest absolute Gasteiger partial charge is 0.408 e. The molecule has 2 aliphatic heterocycles. The quantitative estimate of drug-likeness (QED) is 0.797. The number of oxazole rings is 1. The summed E-state index contributed by atoms with van der Waals surface area (Å²) >= 11 is 0. The van der Waals surface area contributed by atoms with Crippen LogP contribution in [0.5, 0.6) is 0 Å². The van der Waals surface area contributed by atoms with Gasteiger partial charge in [-0.05, 0) is 56.7 Å². The Bertz CT molecular complexity index is 928. The fourth-order valence-corrected chi connectivity index (χ4v) is 5.18. The number of para-hydroxylation sites is 2. The number of rotatable bonds is 5. The monoisotopic (exact) mass is 383 g/mol. The molecule has 1 atom stereocenters. The van der Waals surface area contributed by atoms with Gasteiger partial charge in [0.05, 0.1) is 5.52 Å². The van der Waals surface area contributed by atoms with Gasteiger partial charge < -0.3 is 14.2 Å². The molecule has 0 radical (unpaired) electrons. The van der Waals surface area contributed by atoms with E-state index in [4.69, 9.17) is 4.42 Å². The number of nitrogens with zero attached hydrogens (tertiary/aromatic N) is 3. The molecule has 0 N–H and O–H groups in total. The zero-order valence-electron chi connectivity index (χ0n) is 16.4. The van der Waals surface area contributed by atoms with Crippen LogP contribution in [0.25, 0.3) is 11.1 Å². The highest BCUT2D eigenvalue weighted by Crippen LogP contribution is 2.40. The van der Waals surface area contributed by atoms with Gasteiger partial charge >= 0.3 is 5.76 Å². The average Bonchev–Trinajstić information content (AvgIpc) is 3.45. The molecule has 1 aromatic carbocycles. The lowest BCUT2D eigenvalue weighted by atomic mass is 9.73. The van der Waals surface area contributed by atoms with Gasteiger partial charge in [-0.3, -0.25) is 9.36 Å². The Morgan fingerprint density at radius 2 is 1.93 bits per heavy atom. The van der Waals surface area contributed by atoms with Crippen LogP contribution >= 0.6 is 0 Å². The third-order valence-corrected chi connectivity index (χ3v) is 6.88. The predicted octanol–water partition coefficient (Wildman–Crippen LogP) is 2.71. The van der Waals surface area contributed by atoms with Crippen molar-refractivity contribution in [3.63, 3.8) is 0 Å². The van der Waals surface area contributed by atoms with Crippen LogP contribution in [-0.2, 0) is 11.3 Å². The summed E-state index contributed by atoms with van der Waals surface area (Å²) in [4.78, 5) is 29.2. The molecule has 6 heteroatoms. The Morgan fingerprint density at radius 3 is 2.79 bits per heavy atom. The van der Waals surface area contributed by atoms with E-state index in [0.717, 1.165) is 50.6 Å². The van der Waals surface area contributed by atoms with E-state index in [0.29, 0.717) is 24.5 Å². The molecule has 1 aliphatic carbocycles. The highest BCUT2D eigenvalue weighted by Gasteiger charge is 2.42. The van der Waals surface area contributed by atoms with Crippen molar-refractivity contribution in [1.29, 1.82) is 0 Å². The van der Waals surface area contributed by atoms with Crippen molar-refractivity contribution in [2.75, 3.05) is 32.7 Å². The van der Waals surface area contributed by atoms with Crippen LogP contribution in [0.1, 0.15) is 38.5 Å². The number of hydrogen-bond donors (Lipinski definition) is 0. The molecular formula is C22H29N3O3. The molecule has 5 rings (SSSR count). The van der Waals surface area contributed by atoms with Gasteiger partial charge in [-0.2, -0.15) is 0 Å². The molecule has 2 aromatic rings. The Labute approximate surface area is 165 Å². The van der Waals surface area contributed by atoms with E-state index in [1.54, 1.807) is 4.57 Å². The van der Waals surface area contributed by atoms with Gasteiger partial charge in [-0.15, -0.1) is 0 Å². The predicted molar refractivity (Wildman–Crippen MR) is 107 cm³/mol. The molecule has 1 unspecified atom stereocenters. The largest absolute Gasteiger partial charge is 0.419 e. The number of aromatic nitrogens is 1. The van der Waals surface area contributed by atoms with Gasteiger partial charge in [0.25, 0.3) is 0 Å². The van der Waals surface area contributed by atoms with Crippen LogP contribution in [0.3, 0.4) is 0 Å². The summed E-state index contributed by atoms with van der Waals surface area (Å²) < 4.78 is 7.11. The Hall–Kier alpha value is -2.08. The molecular weight excluding hydrogens is 354 g/mol. The van der Waals surface area contributed by atoms with Crippen LogP contribution in [0, 0.1) is 11.3 Å². The first-order chi connectivity index (χ1) is 13.6. The summed E-state index contributed by atoms with van der Waals surface area (Å²) in [5.74, 6) is 0.831. The molecule has 1 saturated carbocycles. The van der Waals surface area contributed by atoms with Gasteiger partial charge in [0.2, 0.25) is 5.91 Å². The summed E-state index contributed by atoms with van der Waals surface area (Å²) in [7, 11) is 0. The summed E-state index contributed by atoms with van der Waals surface area (Å²) in [6.07, 6.45) is 6.68. The van der Waals surface area contributed by atoms with Crippen molar-refractivity contribution >= 4 is 17.0 Å². The lowest BCUT2D eigenvalue weighted by molar-refractivity contribution is -0.139. The lowest BCUT2D eigenvalue weighted by Gasteiger charge is -2.48. The van der Waals surface area contributed by atoms with E-state index in [9.17, 15) is 9.59 Å². The summed E-state index contributed by atoms with van der Waals surface area (Å²) in [5, 5.41) is 0. The maximum atomic E-state index is 12.4. The van der Waals surface area contributed by atoms with Crippen LogP contribution in [0.2, 0.25) is 0 Å². The molecule has 1 amide bonds. The molecule has 150 valence electrons. The normalized spacial score (nSPS) is 26.4. The van der Waals surface area contributed by atoms with E-state index in [1.165, 1.54) is 25.7 Å². The minimum atomic E-state index is -0.271. The highest BCUT2D eigenvalue weighted by molar-refractivity contribution is 5.77. The second-order valence-corrected chi connectivity index (χ2v) is 9.08. The SMILES string of the molecule is O=C1CCC2(CCCN(CCn3c(=O)oc4ccccc43)C2)CN1CC1CC1. The van der Waals surface area contributed by atoms with Crippen LogP contribution in [0.4, 0.5) is 0 Å². The van der Waals surface area contributed by atoms with Crippen LogP contribution < -0.4 is 5.76 Å². The van der Waals surface area contributed by atoms with Crippen molar-refractivity contribution in [3.8, 4) is 0 Å². The third-order valence-electron chi connectivity index (χ3n) is 6.88.